The van der Waals surface area contributed by atoms with E-state index in [9.17, 15) is 16.8 Å². The van der Waals surface area contributed by atoms with Crippen LogP contribution in [0.2, 0.25) is 0 Å². The average Bonchev–Trinajstić information content (AvgIpc) is 2.98. The van der Waals surface area contributed by atoms with E-state index in [0.29, 0.717) is 17.4 Å². The summed E-state index contributed by atoms with van der Waals surface area (Å²) < 4.78 is 46.0. The molecule has 8 heteroatoms. The van der Waals surface area contributed by atoms with E-state index in [1.165, 1.54) is 0 Å². The largest absolute Gasteiger partial charge is 0.313 e. The zero-order valence-corrected chi connectivity index (χ0v) is 17.4. The van der Waals surface area contributed by atoms with E-state index >= 15 is 0 Å². The Hall–Kier alpha value is -0.180. The SMILES string of the molecule is CC(CCNC1CCS(=O)(=O)C1)CC(C)(C)CNC1CCS(=O)(=O)C1. The fourth-order valence-corrected chi connectivity index (χ4v) is 7.40. The maximum Gasteiger partial charge on any atom is 0.151 e. The van der Waals surface area contributed by atoms with Gasteiger partial charge in [0, 0.05) is 18.6 Å². The highest BCUT2D eigenvalue weighted by Crippen LogP contribution is 2.27. The molecule has 6 nitrogen and oxygen atoms in total. The average molecular weight is 395 g/mol. The van der Waals surface area contributed by atoms with Gasteiger partial charge in [0.25, 0.3) is 0 Å². The molecule has 0 aromatic heterocycles. The van der Waals surface area contributed by atoms with Gasteiger partial charge < -0.3 is 10.6 Å². The lowest BCUT2D eigenvalue weighted by Gasteiger charge is -2.30. The molecule has 0 aliphatic carbocycles. The maximum atomic E-state index is 11.5. The van der Waals surface area contributed by atoms with Crippen LogP contribution in [-0.4, -0.2) is 65.0 Å². The molecule has 2 rings (SSSR count). The van der Waals surface area contributed by atoms with Gasteiger partial charge in [-0.3, -0.25) is 0 Å². The van der Waals surface area contributed by atoms with E-state index < -0.39 is 19.7 Å². The molecule has 0 aromatic carbocycles. The third-order valence-corrected chi connectivity index (χ3v) is 8.84. The summed E-state index contributed by atoms with van der Waals surface area (Å²) in [6.07, 6.45) is 3.54. The Bertz CT molecular complexity index is 644. The molecule has 25 heavy (non-hydrogen) atoms. The first-order chi connectivity index (χ1) is 11.5. The predicted octanol–water partition coefficient (Wildman–Crippen LogP) is 0.982. The zero-order chi connectivity index (χ0) is 18.7. The standard InChI is InChI=1S/C17H34N2O4S2/c1-14(4-7-18-15-5-8-24(20,21)11-15)10-17(2,3)13-19-16-6-9-25(22,23)12-16/h14-16,18-19H,4-13H2,1-3H3. The second-order valence-electron chi connectivity index (χ2n) is 8.80. The summed E-state index contributed by atoms with van der Waals surface area (Å²) in [4.78, 5) is 0. The Morgan fingerprint density at radius 1 is 0.960 bits per heavy atom. The summed E-state index contributed by atoms with van der Waals surface area (Å²) in [5.41, 5.74) is 0.114. The minimum Gasteiger partial charge on any atom is -0.313 e. The number of nitrogens with one attached hydrogen (secondary N) is 2. The van der Waals surface area contributed by atoms with Crippen molar-refractivity contribution < 1.29 is 16.8 Å². The lowest BCUT2D eigenvalue weighted by molar-refractivity contribution is 0.247. The minimum absolute atomic E-state index is 0.102. The van der Waals surface area contributed by atoms with Gasteiger partial charge in [0.1, 0.15) is 0 Å². The second-order valence-corrected chi connectivity index (χ2v) is 13.3. The molecule has 148 valence electrons. The molecule has 0 saturated carbocycles. The molecule has 3 unspecified atom stereocenters. The van der Waals surface area contributed by atoms with Crippen LogP contribution in [0.4, 0.5) is 0 Å². The van der Waals surface area contributed by atoms with Gasteiger partial charge in [0.15, 0.2) is 19.7 Å². The fraction of sp³-hybridized carbons (Fsp3) is 1.00. The van der Waals surface area contributed by atoms with Crippen molar-refractivity contribution in [2.75, 3.05) is 36.1 Å². The van der Waals surface area contributed by atoms with Crippen molar-refractivity contribution in [2.45, 2.75) is 58.5 Å². The van der Waals surface area contributed by atoms with Crippen LogP contribution in [0.5, 0.6) is 0 Å². The van der Waals surface area contributed by atoms with Crippen molar-refractivity contribution in [3.8, 4) is 0 Å². The molecular weight excluding hydrogens is 360 g/mol. The van der Waals surface area contributed by atoms with Crippen LogP contribution in [-0.2, 0) is 19.7 Å². The highest BCUT2D eigenvalue weighted by Gasteiger charge is 2.30. The van der Waals surface area contributed by atoms with Gasteiger partial charge in [-0.1, -0.05) is 20.8 Å². The van der Waals surface area contributed by atoms with Crippen LogP contribution < -0.4 is 10.6 Å². The first-order valence-corrected chi connectivity index (χ1v) is 13.0. The van der Waals surface area contributed by atoms with E-state index in [0.717, 1.165) is 38.8 Å². The minimum atomic E-state index is -2.83. The Labute approximate surface area is 153 Å². The van der Waals surface area contributed by atoms with Gasteiger partial charge in [-0.05, 0) is 43.6 Å². The second kappa shape index (κ2) is 8.23. The summed E-state index contributed by atoms with van der Waals surface area (Å²) in [5.74, 6) is 1.71. The summed E-state index contributed by atoms with van der Waals surface area (Å²) in [7, 11) is -5.64. The van der Waals surface area contributed by atoms with E-state index in [1.807, 2.05) is 0 Å². The third-order valence-electron chi connectivity index (χ3n) is 5.31. The molecule has 0 spiro atoms. The molecule has 2 fully saturated rings. The smallest absolute Gasteiger partial charge is 0.151 e. The molecule has 3 atom stereocenters. The Kier molecular flexibility index (Phi) is 6.95. The van der Waals surface area contributed by atoms with Crippen molar-refractivity contribution in [3.63, 3.8) is 0 Å². The van der Waals surface area contributed by atoms with E-state index in [1.54, 1.807) is 0 Å². The molecule has 2 saturated heterocycles. The molecule has 0 bridgehead atoms. The van der Waals surface area contributed by atoms with Crippen LogP contribution >= 0.6 is 0 Å². The fourth-order valence-electron chi connectivity index (χ4n) is 3.98. The number of hydrogen-bond donors (Lipinski definition) is 2. The van der Waals surface area contributed by atoms with Crippen molar-refractivity contribution in [1.29, 1.82) is 0 Å². The summed E-state index contributed by atoms with van der Waals surface area (Å²) in [5, 5.41) is 6.81. The maximum absolute atomic E-state index is 11.5. The Morgan fingerprint density at radius 3 is 1.96 bits per heavy atom. The van der Waals surface area contributed by atoms with Crippen LogP contribution in [0.1, 0.15) is 46.5 Å². The van der Waals surface area contributed by atoms with Crippen LogP contribution in [0, 0.1) is 11.3 Å². The highest BCUT2D eigenvalue weighted by molar-refractivity contribution is 7.91. The lowest BCUT2D eigenvalue weighted by Crippen LogP contribution is -2.38. The van der Waals surface area contributed by atoms with Crippen LogP contribution in [0.25, 0.3) is 0 Å². The number of sulfone groups is 2. The van der Waals surface area contributed by atoms with E-state index in [2.05, 4.69) is 31.4 Å². The molecular formula is C17H34N2O4S2. The van der Waals surface area contributed by atoms with Crippen LogP contribution in [0.15, 0.2) is 0 Å². The lowest BCUT2D eigenvalue weighted by atomic mass is 9.82. The van der Waals surface area contributed by atoms with E-state index in [-0.39, 0.29) is 29.0 Å². The topological polar surface area (TPSA) is 92.3 Å². The quantitative estimate of drug-likeness (QED) is 0.606. The molecule has 0 amide bonds. The van der Waals surface area contributed by atoms with Crippen molar-refractivity contribution in [1.82, 2.24) is 10.6 Å². The molecule has 2 aliphatic heterocycles. The monoisotopic (exact) mass is 394 g/mol. The van der Waals surface area contributed by atoms with Crippen molar-refractivity contribution in [3.05, 3.63) is 0 Å². The first kappa shape index (κ1) is 21.1. The summed E-state index contributed by atoms with van der Waals surface area (Å²) in [6, 6.07) is 0.224. The number of hydrogen-bond acceptors (Lipinski definition) is 6. The molecule has 2 N–H and O–H groups in total. The van der Waals surface area contributed by atoms with Gasteiger partial charge in [-0.25, -0.2) is 16.8 Å². The van der Waals surface area contributed by atoms with Crippen LogP contribution in [0.3, 0.4) is 0 Å². The highest BCUT2D eigenvalue weighted by atomic mass is 32.2. The van der Waals surface area contributed by atoms with Crippen molar-refractivity contribution >= 4 is 19.7 Å². The summed E-state index contributed by atoms with van der Waals surface area (Å²) >= 11 is 0. The number of rotatable bonds is 9. The van der Waals surface area contributed by atoms with Crippen molar-refractivity contribution in [2.24, 2.45) is 11.3 Å². The Balaban J connectivity index is 1.64. The first-order valence-electron chi connectivity index (χ1n) is 9.34. The molecule has 2 aliphatic rings. The Morgan fingerprint density at radius 2 is 1.48 bits per heavy atom. The third kappa shape index (κ3) is 7.53. The molecule has 0 radical (unpaired) electrons. The van der Waals surface area contributed by atoms with Gasteiger partial charge >= 0.3 is 0 Å². The normalized spacial score (nSPS) is 29.7. The zero-order valence-electron chi connectivity index (χ0n) is 15.8. The van der Waals surface area contributed by atoms with Gasteiger partial charge in [0.2, 0.25) is 0 Å². The molecule has 0 aromatic rings. The van der Waals surface area contributed by atoms with Gasteiger partial charge in [0.05, 0.1) is 23.0 Å². The molecule has 2 heterocycles. The van der Waals surface area contributed by atoms with E-state index in [4.69, 9.17) is 0 Å². The van der Waals surface area contributed by atoms with Gasteiger partial charge in [-0.15, -0.1) is 0 Å². The summed E-state index contributed by atoms with van der Waals surface area (Å²) in [6.45, 7) is 8.35. The van der Waals surface area contributed by atoms with Gasteiger partial charge in [-0.2, -0.15) is 0 Å². The predicted molar refractivity (Wildman–Crippen MR) is 102 cm³/mol.